The fourth-order valence-corrected chi connectivity index (χ4v) is 3.76. The molecule has 0 fully saturated rings. The lowest BCUT2D eigenvalue weighted by Gasteiger charge is -2.37. The first-order valence-electron chi connectivity index (χ1n) is 9.80. The summed E-state index contributed by atoms with van der Waals surface area (Å²) < 4.78 is 11.5. The Balaban J connectivity index is 3.12. The Kier molecular flexibility index (Phi) is 9.36. The van der Waals surface area contributed by atoms with Gasteiger partial charge in [-0.15, -0.1) is 11.3 Å². The second-order valence-corrected chi connectivity index (χ2v) is 8.93. The van der Waals surface area contributed by atoms with Crippen LogP contribution in [0.2, 0.25) is 0 Å². The third-order valence-electron chi connectivity index (χ3n) is 4.10. The average molecular weight is 415 g/mol. The molecule has 160 valence electrons. The molecular formula is C20H34N2O5S. The van der Waals surface area contributed by atoms with Crippen LogP contribution in [-0.4, -0.2) is 51.8 Å². The third-order valence-corrected chi connectivity index (χ3v) is 5.04. The Hall–Kier alpha value is -1.67. The maximum absolute atomic E-state index is 12.8. The summed E-state index contributed by atoms with van der Waals surface area (Å²) in [5.74, 6) is -0.888. The smallest absolute Gasteiger partial charge is 0.410 e. The number of amides is 1. The zero-order valence-electron chi connectivity index (χ0n) is 18.0. The maximum Gasteiger partial charge on any atom is 0.410 e. The lowest BCUT2D eigenvalue weighted by molar-refractivity contribution is -0.00778. The van der Waals surface area contributed by atoms with Gasteiger partial charge in [0.05, 0.1) is 0 Å². The molecule has 0 saturated carbocycles. The Bertz CT molecular complexity index is 639. The maximum atomic E-state index is 12.8. The number of carboxylic acids is 1. The highest BCUT2D eigenvalue weighted by Crippen LogP contribution is 2.31. The first kappa shape index (κ1) is 24.4. The third kappa shape index (κ3) is 7.39. The van der Waals surface area contributed by atoms with Crippen molar-refractivity contribution in [2.45, 2.75) is 79.1 Å². The molecule has 1 amide bonds. The molecule has 1 N–H and O–H groups in total. The minimum atomic E-state index is -1.06. The Morgan fingerprint density at radius 2 is 1.93 bits per heavy atom. The van der Waals surface area contributed by atoms with Crippen LogP contribution < -0.4 is 0 Å². The SMILES string of the molecule is CCCN(C(=O)OC(C)(C)C)C(C[C@@H](OCC)c1nc(C(=O)O)cs1)C(C)C. The minimum Gasteiger partial charge on any atom is -0.476 e. The van der Waals surface area contributed by atoms with Gasteiger partial charge < -0.3 is 19.5 Å². The van der Waals surface area contributed by atoms with Gasteiger partial charge in [-0.25, -0.2) is 14.6 Å². The second kappa shape index (κ2) is 10.8. The van der Waals surface area contributed by atoms with Gasteiger partial charge in [-0.05, 0) is 40.0 Å². The van der Waals surface area contributed by atoms with Gasteiger partial charge in [0.1, 0.15) is 16.7 Å². The molecule has 0 aliphatic rings. The highest BCUT2D eigenvalue weighted by Gasteiger charge is 2.33. The molecule has 2 atom stereocenters. The van der Waals surface area contributed by atoms with Crippen molar-refractivity contribution in [3.8, 4) is 0 Å². The molecule has 0 aliphatic heterocycles. The number of hydrogen-bond donors (Lipinski definition) is 1. The van der Waals surface area contributed by atoms with Gasteiger partial charge in [0.25, 0.3) is 0 Å². The lowest BCUT2D eigenvalue weighted by Crippen LogP contribution is -2.47. The predicted octanol–water partition coefficient (Wildman–Crippen LogP) is 4.98. The molecule has 1 rings (SSSR count). The van der Waals surface area contributed by atoms with Crippen LogP contribution in [0.5, 0.6) is 0 Å². The molecule has 1 aromatic rings. The molecule has 0 radical (unpaired) electrons. The fraction of sp³-hybridized carbons (Fsp3) is 0.750. The van der Waals surface area contributed by atoms with E-state index in [1.165, 1.54) is 16.7 Å². The molecule has 1 unspecified atom stereocenters. The Morgan fingerprint density at radius 1 is 1.29 bits per heavy atom. The van der Waals surface area contributed by atoms with Crippen molar-refractivity contribution < 1.29 is 24.2 Å². The van der Waals surface area contributed by atoms with Crippen LogP contribution in [0.3, 0.4) is 0 Å². The predicted molar refractivity (Wildman–Crippen MR) is 110 cm³/mol. The van der Waals surface area contributed by atoms with Crippen LogP contribution in [0.1, 0.15) is 82.9 Å². The highest BCUT2D eigenvalue weighted by molar-refractivity contribution is 7.09. The normalized spacial score (nSPS) is 14.0. The largest absolute Gasteiger partial charge is 0.476 e. The quantitative estimate of drug-likeness (QED) is 0.581. The zero-order chi connectivity index (χ0) is 21.5. The molecule has 1 aromatic heterocycles. The van der Waals surface area contributed by atoms with Crippen molar-refractivity contribution in [3.63, 3.8) is 0 Å². The monoisotopic (exact) mass is 414 g/mol. The Labute approximate surface area is 172 Å². The van der Waals surface area contributed by atoms with Crippen LogP contribution in [0.15, 0.2) is 5.38 Å². The van der Waals surface area contributed by atoms with E-state index in [-0.39, 0.29) is 29.9 Å². The number of aromatic carboxylic acids is 1. The van der Waals surface area contributed by atoms with E-state index in [9.17, 15) is 9.59 Å². The number of carbonyl (C=O) groups excluding carboxylic acids is 1. The molecule has 1 heterocycles. The molecule has 0 spiro atoms. The van der Waals surface area contributed by atoms with Crippen LogP contribution in [-0.2, 0) is 9.47 Å². The van der Waals surface area contributed by atoms with Gasteiger partial charge in [0.2, 0.25) is 0 Å². The van der Waals surface area contributed by atoms with E-state index in [0.29, 0.717) is 24.6 Å². The van der Waals surface area contributed by atoms with Crippen molar-refractivity contribution >= 4 is 23.4 Å². The number of rotatable bonds is 10. The molecule has 28 heavy (non-hydrogen) atoms. The molecule has 7 nitrogen and oxygen atoms in total. The van der Waals surface area contributed by atoms with E-state index < -0.39 is 11.6 Å². The van der Waals surface area contributed by atoms with Gasteiger partial charge >= 0.3 is 12.1 Å². The number of nitrogens with zero attached hydrogens (tertiary/aromatic N) is 2. The van der Waals surface area contributed by atoms with Gasteiger partial charge in [0.15, 0.2) is 5.69 Å². The van der Waals surface area contributed by atoms with Crippen molar-refractivity contribution in [2.75, 3.05) is 13.2 Å². The highest BCUT2D eigenvalue weighted by atomic mass is 32.1. The molecule has 0 aliphatic carbocycles. The average Bonchev–Trinajstić information content (AvgIpc) is 3.05. The van der Waals surface area contributed by atoms with E-state index >= 15 is 0 Å². The number of carboxylic acid groups (broad SMARTS) is 1. The van der Waals surface area contributed by atoms with Crippen LogP contribution >= 0.6 is 11.3 Å². The van der Waals surface area contributed by atoms with Crippen molar-refractivity contribution in [2.24, 2.45) is 5.92 Å². The van der Waals surface area contributed by atoms with Gasteiger partial charge in [0, 0.05) is 31.0 Å². The van der Waals surface area contributed by atoms with Crippen molar-refractivity contribution in [1.29, 1.82) is 0 Å². The first-order chi connectivity index (χ1) is 13.0. The van der Waals surface area contributed by atoms with E-state index in [2.05, 4.69) is 18.8 Å². The second-order valence-electron chi connectivity index (χ2n) is 8.04. The van der Waals surface area contributed by atoms with E-state index in [0.717, 1.165) is 6.42 Å². The number of aromatic nitrogens is 1. The van der Waals surface area contributed by atoms with Gasteiger partial charge in [-0.1, -0.05) is 20.8 Å². The minimum absolute atomic E-state index is 0.0170. The fourth-order valence-electron chi connectivity index (χ4n) is 2.91. The topological polar surface area (TPSA) is 89.0 Å². The van der Waals surface area contributed by atoms with Gasteiger partial charge in [-0.2, -0.15) is 0 Å². The first-order valence-corrected chi connectivity index (χ1v) is 10.7. The molecular weight excluding hydrogens is 380 g/mol. The van der Waals surface area contributed by atoms with Crippen molar-refractivity contribution in [3.05, 3.63) is 16.1 Å². The number of thiazole rings is 1. The summed E-state index contributed by atoms with van der Waals surface area (Å²) in [6.45, 7) is 14.6. The van der Waals surface area contributed by atoms with Gasteiger partial charge in [-0.3, -0.25) is 0 Å². The van der Waals surface area contributed by atoms with Crippen molar-refractivity contribution in [1.82, 2.24) is 9.88 Å². The number of hydrogen-bond acceptors (Lipinski definition) is 6. The summed E-state index contributed by atoms with van der Waals surface area (Å²) in [4.78, 5) is 30.0. The molecule has 8 heteroatoms. The lowest BCUT2D eigenvalue weighted by atomic mass is 9.96. The summed E-state index contributed by atoms with van der Waals surface area (Å²) >= 11 is 1.27. The number of carbonyl (C=O) groups is 2. The van der Waals surface area contributed by atoms with E-state index in [1.54, 1.807) is 4.90 Å². The van der Waals surface area contributed by atoms with E-state index in [1.807, 2.05) is 34.6 Å². The summed E-state index contributed by atoms with van der Waals surface area (Å²) in [7, 11) is 0. The van der Waals surface area contributed by atoms with Crippen LogP contribution in [0.4, 0.5) is 4.79 Å². The summed E-state index contributed by atoms with van der Waals surface area (Å²) in [5.41, 5.74) is -0.557. The summed E-state index contributed by atoms with van der Waals surface area (Å²) in [6.07, 6.45) is 0.616. The zero-order valence-corrected chi connectivity index (χ0v) is 18.8. The molecule has 0 bridgehead atoms. The van der Waals surface area contributed by atoms with Crippen LogP contribution in [0.25, 0.3) is 0 Å². The Morgan fingerprint density at radius 3 is 2.36 bits per heavy atom. The standard InChI is InChI=1S/C20H34N2O5S/c1-8-10-22(19(25)27-20(5,6)7)15(13(3)4)11-16(26-9-2)17-21-14(12-28-17)18(23)24/h12-13,15-16H,8-11H2,1-7H3,(H,23,24)/t15?,16-/m1/s1. The summed E-state index contributed by atoms with van der Waals surface area (Å²) in [6, 6.07) is -0.122. The molecule has 0 aromatic carbocycles. The van der Waals surface area contributed by atoms with Crippen LogP contribution in [0, 0.1) is 5.92 Å². The van der Waals surface area contributed by atoms with E-state index in [4.69, 9.17) is 14.6 Å². The number of ether oxygens (including phenoxy) is 2. The molecule has 0 saturated heterocycles. The summed E-state index contributed by atoms with van der Waals surface area (Å²) in [5, 5.41) is 11.3.